The molecule has 0 aliphatic carbocycles. The average molecular weight is 943 g/mol. The minimum Gasteiger partial charge on any atom is -0.294 e. The highest BCUT2D eigenvalue weighted by atomic mass is 15.2. The highest BCUT2D eigenvalue weighted by molar-refractivity contribution is 6.21. The lowest BCUT2D eigenvalue weighted by Gasteiger charge is -2.33. The van der Waals surface area contributed by atoms with Crippen LogP contribution in [0.1, 0.15) is 0 Å². The zero-order valence-electron chi connectivity index (χ0n) is 39.9. The number of para-hydroxylation sites is 4. The zero-order valence-corrected chi connectivity index (χ0v) is 39.9. The second-order valence-electron chi connectivity index (χ2n) is 19.3. The van der Waals surface area contributed by atoms with E-state index in [-0.39, 0.29) is 0 Å². The number of pyridine rings is 2. The van der Waals surface area contributed by atoms with Gasteiger partial charge < -0.3 is 0 Å². The standard InChI is InChI=1S/C68H42N6/c1-3-18-43(19-4-1)45-36-39-60-53(40-45)55-41-54-52-38-37-46(44-20-5-2-6-21-44)51-26-15-31-61(68(51)52)74(67-35-17-33-65(70-67)72-58-29-13-9-24-49(58)50-25-10-14-30-59(50)72)62(54)42-63(55)73(60)66-34-16-32-64(69-66)71-56-27-11-7-22-47(56)48-23-8-12-28-57(48)71/h1-42H. The molecule has 1 aliphatic heterocycles. The summed E-state index contributed by atoms with van der Waals surface area (Å²) >= 11 is 0. The number of hydrogen-bond donors (Lipinski definition) is 0. The van der Waals surface area contributed by atoms with Crippen LogP contribution in [0.4, 0.5) is 17.2 Å². The van der Waals surface area contributed by atoms with Crippen molar-refractivity contribution in [2.24, 2.45) is 0 Å². The summed E-state index contributed by atoms with van der Waals surface area (Å²) in [5.74, 6) is 3.37. The van der Waals surface area contributed by atoms with Crippen LogP contribution in [-0.4, -0.2) is 23.7 Å². The van der Waals surface area contributed by atoms with E-state index in [1.165, 1.54) is 54.6 Å². The van der Waals surface area contributed by atoms with E-state index >= 15 is 0 Å². The van der Waals surface area contributed by atoms with Gasteiger partial charge in [0, 0.05) is 43.3 Å². The van der Waals surface area contributed by atoms with Crippen LogP contribution >= 0.6 is 0 Å². The molecular formula is C68H42N6. The fourth-order valence-electron chi connectivity index (χ4n) is 12.2. The van der Waals surface area contributed by atoms with Gasteiger partial charge in [0.2, 0.25) is 0 Å². The molecule has 6 heteroatoms. The van der Waals surface area contributed by atoms with Crippen molar-refractivity contribution < 1.29 is 0 Å². The topological polar surface area (TPSA) is 43.8 Å². The van der Waals surface area contributed by atoms with E-state index in [0.29, 0.717) is 0 Å². The van der Waals surface area contributed by atoms with Crippen molar-refractivity contribution in [3.05, 3.63) is 255 Å². The largest absolute Gasteiger partial charge is 0.294 e. The predicted molar refractivity (Wildman–Crippen MR) is 307 cm³/mol. The normalized spacial score (nSPS) is 12.3. The van der Waals surface area contributed by atoms with Gasteiger partial charge in [-0.15, -0.1) is 0 Å². The fraction of sp³-hybridized carbons (Fsp3) is 0. The number of benzene rings is 10. The molecule has 0 atom stereocenters. The summed E-state index contributed by atoms with van der Waals surface area (Å²) < 4.78 is 6.98. The van der Waals surface area contributed by atoms with Crippen molar-refractivity contribution in [3.63, 3.8) is 0 Å². The van der Waals surface area contributed by atoms with Gasteiger partial charge in [-0.2, -0.15) is 0 Å². The third-order valence-electron chi connectivity index (χ3n) is 15.4. The van der Waals surface area contributed by atoms with Gasteiger partial charge in [-0.3, -0.25) is 18.6 Å². The third-order valence-corrected chi connectivity index (χ3v) is 15.4. The average Bonchev–Trinajstić information content (AvgIpc) is 4.14. The zero-order chi connectivity index (χ0) is 48.4. The number of anilines is 3. The number of rotatable bonds is 6. The fourth-order valence-corrected chi connectivity index (χ4v) is 12.2. The monoisotopic (exact) mass is 942 g/mol. The summed E-state index contributed by atoms with van der Waals surface area (Å²) in [6.45, 7) is 0. The lowest BCUT2D eigenvalue weighted by Crippen LogP contribution is -2.17. The van der Waals surface area contributed by atoms with E-state index in [1.807, 2.05) is 0 Å². The Labute approximate surface area is 425 Å². The molecule has 6 nitrogen and oxygen atoms in total. The molecule has 0 unspecified atom stereocenters. The summed E-state index contributed by atoms with van der Waals surface area (Å²) in [6, 6.07) is 92.0. The van der Waals surface area contributed by atoms with Gasteiger partial charge >= 0.3 is 0 Å². The van der Waals surface area contributed by atoms with Crippen molar-refractivity contribution in [1.29, 1.82) is 0 Å². The molecule has 74 heavy (non-hydrogen) atoms. The van der Waals surface area contributed by atoms with E-state index in [4.69, 9.17) is 9.97 Å². The molecule has 0 N–H and O–H groups in total. The van der Waals surface area contributed by atoms with Gasteiger partial charge in [0.1, 0.15) is 23.3 Å². The van der Waals surface area contributed by atoms with Gasteiger partial charge in [-0.25, -0.2) is 9.97 Å². The smallest absolute Gasteiger partial charge is 0.140 e. The molecule has 0 saturated heterocycles. The first kappa shape index (κ1) is 40.7. The second-order valence-corrected chi connectivity index (χ2v) is 19.3. The molecule has 0 fully saturated rings. The van der Waals surface area contributed by atoms with Crippen LogP contribution in [0.3, 0.4) is 0 Å². The van der Waals surface area contributed by atoms with Crippen LogP contribution in [0.25, 0.3) is 127 Å². The first-order chi connectivity index (χ1) is 36.7. The Hall–Kier alpha value is -10.0. The van der Waals surface area contributed by atoms with Crippen molar-refractivity contribution in [1.82, 2.24) is 23.7 Å². The van der Waals surface area contributed by atoms with E-state index in [0.717, 1.165) is 89.6 Å². The molecule has 0 bridgehead atoms. The Morgan fingerprint density at radius 3 is 1.27 bits per heavy atom. The van der Waals surface area contributed by atoms with Crippen LogP contribution < -0.4 is 4.90 Å². The number of aromatic nitrogens is 5. The Kier molecular flexibility index (Phi) is 8.64. The number of nitrogens with zero attached hydrogens (tertiary/aromatic N) is 6. The highest BCUT2D eigenvalue weighted by Gasteiger charge is 2.31. The number of fused-ring (bicyclic) bond motifs is 11. The van der Waals surface area contributed by atoms with Crippen molar-refractivity contribution in [2.75, 3.05) is 4.90 Å². The molecule has 1 aliphatic rings. The molecule has 344 valence electrons. The van der Waals surface area contributed by atoms with E-state index in [1.54, 1.807) is 0 Å². The van der Waals surface area contributed by atoms with Crippen LogP contribution in [0.15, 0.2) is 255 Å². The van der Waals surface area contributed by atoms with Gasteiger partial charge in [0.15, 0.2) is 0 Å². The molecule has 15 aromatic rings. The Balaban J connectivity index is 0.991. The quantitative estimate of drug-likeness (QED) is 0.167. The molecule has 0 radical (unpaired) electrons. The molecular weight excluding hydrogens is 901 g/mol. The summed E-state index contributed by atoms with van der Waals surface area (Å²) in [5, 5.41) is 9.50. The Bertz CT molecular complexity index is 4680. The van der Waals surface area contributed by atoms with Gasteiger partial charge in [0.05, 0.1) is 44.5 Å². The molecule has 10 aromatic carbocycles. The summed E-state index contributed by atoms with van der Waals surface area (Å²) in [4.78, 5) is 13.7. The van der Waals surface area contributed by atoms with Crippen LogP contribution in [0, 0.1) is 0 Å². The summed E-state index contributed by atoms with van der Waals surface area (Å²) in [6.07, 6.45) is 0. The maximum Gasteiger partial charge on any atom is 0.140 e. The van der Waals surface area contributed by atoms with E-state index in [9.17, 15) is 0 Å². The van der Waals surface area contributed by atoms with Crippen molar-refractivity contribution >= 4 is 93.4 Å². The first-order valence-electron chi connectivity index (χ1n) is 25.2. The Morgan fingerprint density at radius 1 is 0.230 bits per heavy atom. The van der Waals surface area contributed by atoms with Gasteiger partial charge in [-0.1, -0.05) is 176 Å². The molecule has 0 amide bonds. The van der Waals surface area contributed by atoms with Crippen LogP contribution in [-0.2, 0) is 0 Å². The van der Waals surface area contributed by atoms with Crippen molar-refractivity contribution in [2.45, 2.75) is 0 Å². The third kappa shape index (κ3) is 5.88. The van der Waals surface area contributed by atoms with E-state index in [2.05, 4.69) is 273 Å². The maximum absolute atomic E-state index is 5.68. The molecule has 6 heterocycles. The van der Waals surface area contributed by atoms with Crippen LogP contribution in [0.5, 0.6) is 0 Å². The summed E-state index contributed by atoms with van der Waals surface area (Å²) in [5.41, 5.74) is 15.8. The SMILES string of the molecule is c1ccc(-c2ccc3c(c2)c2cc4c(cc2n3-c2cccc(-n3c5ccccc5c5ccccc53)n2)N(c2cccc(-n3c5ccccc5c5ccccc53)n2)c2cccc3c(-c5ccccc5)ccc-4c23)cc1. The second kappa shape index (κ2) is 15.7. The highest BCUT2D eigenvalue weighted by Crippen LogP contribution is 2.54. The lowest BCUT2D eigenvalue weighted by molar-refractivity contribution is 1.01. The molecule has 0 saturated carbocycles. The maximum atomic E-state index is 5.68. The minimum atomic E-state index is 0.828. The van der Waals surface area contributed by atoms with Gasteiger partial charge in [0.25, 0.3) is 0 Å². The molecule has 16 rings (SSSR count). The van der Waals surface area contributed by atoms with Crippen LogP contribution in [0.2, 0.25) is 0 Å². The molecule has 5 aromatic heterocycles. The van der Waals surface area contributed by atoms with Crippen molar-refractivity contribution in [3.8, 4) is 50.8 Å². The predicted octanol–water partition coefficient (Wildman–Crippen LogP) is 17.7. The number of hydrogen-bond acceptors (Lipinski definition) is 3. The molecule has 0 spiro atoms. The van der Waals surface area contributed by atoms with E-state index < -0.39 is 0 Å². The van der Waals surface area contributed by atoms with Gasteiger partial charge in [-0.05, 0) is 112 Å². The first-order valence-corrected chi connectivity index (χ1v) is 25.2. The summed E-state index contributed by atoms with van der Waals surface area (Å²) in [7, 11) is 0. The lowest BCUT2D eigenvalue weighted by atomic mass is 9.87. The minimum absolute atomic E-state index is 0.828. The Morgan fingerprint density at radius 2 is 0.676 bits per heavy atom.